The van der Waals surface area contributed by atoms with Crippen LogP contribution in [0.3, 0.4) is 0 Å². The van der Waals surface area contributed by atoms with Crippen LogP contribution in [0.15, 0.2) is 40.1 Å². The Morgan fingerprint density at radius 3 is 3.00 bits per heavy atom. The molecule has 0 fully saturated rings. The maximum absolute atomic E-state index is 12.1. The van der Waals surface area contributed by atoms with Crippen LogP contribution >= 0.6 is 0 Å². The molecular formula is C15H18N2O5S. The van der Waals surface area contributed by atoms with Gasteiger partial charge in [0.1, 0.15) is 22.5 Å². The lowest BCUT2D eigenvalue weighted by Gasteiger charge is -2.34. The van der Waals surface area contributed by atoms with Gasteiger partial charge in [-0.15, -0.1) is 0 Å². The first-order chi connectivity index (χ1) is 10.9. The molecule has 0 amide bonds. The number of hydrogen-bond acceptors (Lipinski definition) is 6. The Morgan fingerprint density at radius 1 is 1.48 bits per heavy atom. The fourth-order valence-electron chi connectivity index (χ4n) is 2.87. The van der Waals surface area contributed by atoms with Crippen molar-refractivity contribution < 1.29 is 22.8 Å². The summed E-state index contributed by atoms with van der Waals surface area (Å²) in [5.41, 5.74) is 0.462. The molecule has 0 saturated heterocycles. The molecule has 8 heteroatoms. The molecule has 0 bridgehead atoms. The van der Waals surface area contributed by atoms with E-state index in [9.17, 15) is 13.5 Å². The molecule has 1 atom stereocenters. The van der Waals surface area contributed by atoms with Gasteiger partial charge < -0.3 is 14.4 Å². The van der Waals surface area contributed by atoms with Gasteiger partial charge in [0, 0.05) is 6.54 Å². The molecule has 1 unspecified atom stereocenters. The zero-order valence-corrected chi connectivity index (χ0v) is 13.5. The molecule has 1 aliphatic carbocycles. The van der Waals surface area contributed by atoms with E-state index in [1.807, 2.05) is 6.07 Å². The SMILES string of the molecule is COc1ccc2c(c1)CCCC2(O)CNS(=O)(=O)c1cnoc1. The third-order valence-corrected chi connectivity index (χ3v) is 5.47. The molecule has 3 rings (SSSR count). The summed E-state index contributed by atoms with van der Waals surface area (Å²) < 4.78 is 36.5. The summed E-state index contributed by atoms with van der Waals surface area (Å²) in [5, 5.41) is 14.3. The Bertz CT molecular complexity index is 788. The van der Waals surface area contributed by atoms with Crippen molar-refractivity contribution in [2.45, 2.75) is 29.8 Å². The second kappa shape index (κ2) is 5.95. The Kier molecular flexibility index (Phi) is 4.13. The van der Waals surface area contributed by atoms with Crippen molar-refractivity contribution >= 4 is 10.0 Å². The number of nitrogens with one attached hydrogen (secondary N) is 1. The summed E-state index contributed by atoms with van der Waals surface area (Å²) in [4.78, 5) is -0.0631. The second-order valence-electron chi connectivity index (χ2n) is 5.59. The molecule has 0 saturated carbocycles. The molecule has 2 N–H and O–H groups in total. The van der Waals surface area contributed by atoms with E-state index >= 15 is 0 Å². The van der Waals surface area contributed by atoms with Crippen LogP contribution in [0.25, 0.3) is 0 Å². The third-order valence-electron chi connectivity index (χ3n) is 4.12. The number of nitrogens with zero attached hydrogens (tertiary/aromatic N) is 1. The first kappa shape index (κ1) is 16.0. The molecule has 0 aliphatic heterocycles. The fourth-order valence-corrected chi connectivity index (χ4v) is 3.82. The van der Waals surface area contributed by atoms with Gasteiger partial charge in [-0.2, -0.15) is 0 Å². The van der Waals surface area contributed by atoms with E-state index in [4.69, 9.17) is 4.74 Å². The predicted molar refractivity (Wildman–Crippen MR) is 81.5 cm³/mol. The van der Waals surface area contributed by atoms with Crippen LogP contribution in [-0.4, -0.2) is 32.3 Å². The molecule has 2 aromatic rings. The van der Waals surface area contributed by atoms with Gasteiger partial charge in [0.25, 0.3) is 0 Å². The van der Waals surface area contributed by atoms with E-state index in [-0.39, 0.29) is 11.4 Å². The number of rotatable bonds is 5. The number of aryl methyl sites for hydroxylation is 1. The van der Waals surface area contributed by atoms with Crippen molar-refractivity contribution in [1.82, 2.24) is 9.88 Å². The fraction of sp³-hybridized carbons (Fsp3) is 0.400. The Labute approximate surface area is 134 Å². The number of fused-ring (bicyclic) bond motifs is 1. The number of aromatic nitrogens is 1. The highest BCUT2D eigenvalue weighted by Crippen LogP contribution is 2.36. The highest BCUT2D eigenvalue weighted by molar-refractivity contribution is 7.89. The number of methoxy groups -OCH3 is 1. The maximum atomic E-state index is 12.1. The summed E-state index contributed by atoms with van der Waals surface area (Å²) in [6.07, 6.45) is 4.25. The van der Waals surface area contributed by atoms with E-state index in [0.717, 1.165) is 42.2 Å². The summed E-state index contributed by atoms with van der Waals surface area (Å²) in [7, 11) is -2.17. The number of sulfonamides is 1. The van der Waals surface area contributed by atoms with Crippen LogP contribution in [-0.2, 0) is 22.0 Å². The van der Waals surface area contributed by atoms with Crippen LogP contribution in [0, 0.1) is 0 Å². The average molecular weight is 338 g/mol. The Hall–Kier alpha value is -1.90. The smallest absolute Gasteiger partial charge is 0.245 e. The van der Waals surface area contributed by atoms with E-state index < -0.39 is 15.6 Å². The molecule has 7 nitrogen and oxygen atoms in total. The average Bonchev–Trinajstić information content (AvgIpc) is 3.08. The van der Waals surface area contributed by atoms with Gasteiger partial charge in [-0.1, -0.05) is 11.2 Å². The van der Waals surface area contributed by atoms with Crippen LogP contribution in [0.1, 0.15) is 24.0 Å². The van der Waals surface area contributed by atoms with Gasteiger partial charge in [-0.05, 0) is 42.5 Å². The molecule has 1 heterocycles. The number of benzene rings is 1. The summed E-state index contributed by atoms with van der Waals surface area (Å²) in [5.74, 6) is 0.720. The van der Waals surface area contributed by atoms with Crippen LogP contribution in [0.5, 0.6) is 5.75 Å². The molecule has 0 spiro atoms. The van der Waals surface area contributed by atoms with Gasteiger partial charge in [0.05, 0.1) is 13.3 Å². The van der Waals surface area contributed by atoms with Crippen LogP contribution in [0.2, 0.25) is 0 Å². The van der Waals surface area contributed by atoms with Crippen molar-refractivity contribution in [2.75, 3.05) is 13.7 Å². The van der Waals surface area contributed by atoms with Crippen molar-refractivity contribution in [3.63, 3.8) is 0 Å². The standard InChI is InChI=1S/C15H18N2O5S/c1-21-12-4-5-14-11(7-12)3-2-6-15(14,18)10-17-23(19,20)13-8-16-22-9-13/h4-5,7-9,17-18H,2-3,6,10H2,1H3. The van der Waals surface area contributed by atoms with Crippen molar-refractivity contribution in [2.24, 2.45) is 0 Å². The first-order valence-corrected chi connectivity index (χ1v) is 8.72. The molecule has 1 aromatic heterocycles. The maximum Gasteiger partial charge on any atom is 0.245 e. The highest BCUT2D eigenvalue weighted by Gasteiger charge is 2.36. The van der Waals surface area contributed by atoms with Crippen LogP contribution < -0.4 is 9.46 Å². The Morgan fingerprint density at radius 2 is 2.30 bits per heavy atom. The van der Waals surface area contributed by atoms with Gasteiger partial charge in [-0.25, -0.2) is 13.1 Å². The number of aliphatic hydroxyl groups is 1. The van der Waals surface area contributed by atoms with E-state index in [0.29, 0.717) is 6.42 Å². The quantitative estimate of drug-likeness (QED) is 0.849. The first-order valence-electron chi connectivity index (χ1n) is 7.23. The topological polar surface area (TPSA) is 102 Å². The minimum atomic E-state index is -3.76. The third kappa shape index (κ3) is 3.10. The van der Waals surface area contributed by atoms with Gasteiger partial charge in [-0.3, -0.25) is 0 Å². The van der Waals surface area contributed by atoms with Gasteiger partial charge >= 0.3 is 0 Å². The molecule has 1 aromatic carbocycles. The van der Waals surface area contributed by atoms with Crippen molar-refractivity contribution in [3.8, 4) is 5.75 Å². The minimum Gasteiger partial charge on any atom is -0.497 e. The van der Waals surface area contributed by atoms with Crippen LogP contribution in [0.4, 0.5) is 0 Å². The lowest BCUT2D eigenvalue weighted by molar-refractivity contribution is 0.0242. The van der Waals surface area contributed by atoms with Crippen molar-refractivity contribution in [3.05, 3.63) is 41.8 Å². The lowest BCUT2D eigenvalue weighted by atomic mass is 9.79. The summed E-state index contributed by atoms with van der Waals surface area (Å²) in [6, 6.07) is 5.44. The van der Waals surface area contributed by atoms with E-state index in [1.54, 1.807) is 19.2 Å². The minimum absolute atomic E-state index is 0.0631. The summed E-state index contributed by atoms with van der Waals surface area (Å²) >= 11 is 0. The lowest BCUT2D eigenvalue weighted by Crippen LogP contribution is -2.42. The molecule has 23 heavy (non-hydrogen) atoms. The largest absolute Gasteiger partial charge is 0.497 e. The molecule has 124 valence electrons. The molecular weight excluding hydrogens is 320 g/mol. The van der Waals surface area contributed by atoms with Gasteiger partial charge in [0.2, 0.25) is 10.0 Å². The Balaban J connectivity index is 1.84. The van der Waals surface area contributed by atoms with Gasteiger partial charge in [0.15, 0.2) is 0 Å². The zero-order valence-electron chi connectivity index (χ0n) is 12.7. The monoisotopic (exact) mass is 338 g/mol. The number of ether oxygens (including phenoxy) is 1. The predicted octanol–water partition coefficient (Wildman–Crippen LogP) is 1.19. The van der Waals surface area contributed by atoms with Crippen molar-refractivity contribution in [1.29, 1.82) is 0 Å². The molecule has 0 radical (unpaired) electrons. The molecule has 1 aliphatic rings. The zero-order chi connectivity index (χ0) is 16.5. The van der Waals surface area contributed by atoms with E-state index in [1.165, 1.54) is 0 Å². The summed E-state index contributed by atoms with van der Waals surface area (Å²) in [6.45, 7) is -0.111. The van der Waals surface area contributed by atoms with E-state index in [2.05, 4.69) is 14.4 Å². The normalized spacial score (nSPS) is 21.0. The number of hydrogen-bond donors (Lipinski definition) is 2. The highest BCUT2D eigenvalue weighted by atomic mass is 32.2. The second-order valence-corrected chi connectivity index (χ2v) is 7.36.